The van der Waals surface area contributed by atoms with Gasteiger partial charge in [0.15, 0.2) is 0 Å². The van der Waals surface area contributed by atoms with Gasteiger partial charge < -0.3 is 0 Å². The van der Waals surface area contributed by atoms with Crippen LogP contribution in [-0.4, -0.2) is 0 Å². The van der Waals surface area contributed by atoms with E-state index < -0.39 is 20.8 Å². The Labute approximate surface area is 169 Å². The molecule has 0 fully saturated rings. The molecule has 3 heteroatoms. The van der Waals surface area contributed by atoms with E-state index in [4.69, 9.17) is 17.0 Å². The summed E-state index contributed by atoms with van der Waals surface area (Å²) in [6.45, 7) is 15.4. The second-order valence-electron chi connectivity index (χ2n) is 6.21. The van der Waals surface area contributed by atoms with Gasteiger partial charge in [0, 0.05) is 0 Å². The number of hydrogen-bond acceptors (Lipinski definition) is 0. The average Bonchev–Trinajstić information content (AvgIpc) is 3.06. The van der Waals surface area contributed by atoms with Gasteiger partial charge >= 0.3 is 37.9 Å². The Bertz CT molecular complexity index is 510. The van der Waals surface area contributed by atoms with Crippen LogP contribution in [0.5, 0.6) is 0 Å². The predicted molar refractivity (Wildman–Crippen MR) is 106 cm³/mol. The maximum atomic E-state index is 4.93. The Morgan fingerprint density at radius 2 is 1.58 bits per heavy atom. The molecule has 0 aromatic rings. The molecule has 0 aromatic heterocycles. The molecule has 2 aliphatic carbocycles. The van der Waals surface area contributed by atoms with Crippen molar-refractivity contribution in [3.05, 3.63) is 45.6 Å². The summed E-state index contributed by atoms with van der Waals surface area (Å²) in [7, 11) is 9.87. The van der Waals surface area contributed by atoms with Crippen molar-refractivity contribution >= 4 is 17.0 Å². The van der Waals surface area contributed by atoms with Crippen molar-refractivity contribution in [1.29, 1.82) is 0 Å². The molecule has 0 aromatic carbocycles. The Morgan fingerprint density at radius 1 is 1.00 bits per heavy atom. The molecule has 0 aliphatic heterocycles. The third-order valence-corrected chi connectivity index (χ3v) is 4.59. The summed E-state index contributed by atoms with van der Waals surface area (Å²) < 4.78 is 0. The molecule has 0 N–H and O–H groups in total. The van der Waals surface area contributed by atoms with Gasteiger partial charge in [-0.25, -0.2) is 22.8 Å². The van der Waals surface area contributed by atoms with E-state index in [2.05, 4.69) is 60.6 Å². The standard InChI is InChI=1S/C13H21.C8H11.2ClH.Zr/c1-5-10-9-11(6-2)13(8-4)12(10)7-3;1-6-4-7(2)8(3)5-6;;;/h10H,5-8H2,1-4H3;4H2,1-3H3;2*1H;/q2*-1;;;+4/p-2. The number of allylic oxidation sites excluding steroid dienone is 8. The van der Waals surface area contributed by atoms with Gasteiger partial charge in [-0.15, -0.1) is 6.92 Å². The van der Waals surface area contributed by atoms with E-state index in [0.717, 1.165) is 12.8 Å². The van der Waals surface area contributed by atoms with Gasteiger partial charge in [-0.3, -0.25) is 6.08 Å². The third-order valence-electron chi connectivity index (χ3n) is 4.59. The SMILES string of the molecule is CC1=[C-]C(C)=C(C)C1.CCC1=[C-]C(CC)C(CC)=C1CC.[Cl][Zr+2][Cl]. The summed E-state index contributed by atoms with van der Waals surface area (Å²) in [5.74, 6) is 0.634. The molecule has 0 saturated carbocycles. The van der Waals surface area contributed by atoms with E-state index >= 15 is 0 Å². The Kier molecular flexibility index (Phi) is 13.8. The fourth-order valence-corrected chi connectivity index (χ4v) is 3.35. The van der Waals surface area contributed by atoms with Crippen LogP contribution >= 0.6 is 17.0 Å². The summed E-state index contributed by atoms with van der Waals surface area (Å²) in [5.41, 5.74) is 8.94. The van der Waals surface area contributed by atoms with E-state index in [-0.39, 0.29) is 0 Å². The zero-order valence-electron chi connectivity index (χ0n) is 16.4. The second kappa shape index (κ2) is 13.6. The second-order valence-corrected chi connectivity index (χ2v) is 9.94. The summed E-state index contributed by atoms with van der Waals surface area (Å²) in [4.78, 5) is 0. The first-order valence-corrected chi connectivity index (χ1v) is 15.3. The molecule has 0 radical (unpaired) electrons. The zero-order valence-corrected chi connectivity index (χ0v) is 20.3. The number of halogens is 2. The van der Waals surface area contributed by atoms with Gasteiger partial charge in [0.2, 0.25) is 0 Å². The molecule has 2 rings (SSSR count). The molecule has 1 atom stereocenters. The van der Waals surface area contributed by atoms with Crippen LogP contribution in [0.25, 0.3) is 0 Å². The Balaban J connectivity index is 0.000000409. The van der Waals surface area contributed by atoms with Crippen LogP contribution in [0.1, 0.15) is 80.6 Å². The predicted octanol–water partition coefficient (Wildman–Crippen LogP) is 8.13. The maximum absolute atomic E-state index is 4.93. The molecule has 0 nitrogen and oxygen atoms in total. The monoisotopic (exact) mass is 444 g/mol. The molecular formula is C21H32Cl2Zr. The van der Waals surface area contributed by atoms with Crippen LogP contribution in [-0.2, 0) is 20.8 Å². The fraction of sp³-hybridized carbons (Fsp3) is 0.619. The van der Waals surface area contributed by atoms with E-state index in [9.17, 15) is 0 Å². The molecule has 0 spiro atoms. The van der Waals surface area contributed by atoms with Crippen molar-refractivity contribution in [3.63, 3.8) is 0 Å². The van der Waals surface area contributed by atoms with E-state index in [1.807, 2.05) is 0 Å². The van der Waals surface area contributed by atoms with Crippen LogP contribution in [0.15, 0.2) is 33.4 Å². The van der Waals surface area contributed by atoms with Crippen LogP contribution in [0, 0.1) is 18.1 Å². The van der Waals surface area contributed by atoms with E-state index in [1.54, 1.807) is 11.1 Å². The van der Waals surface area contributed by atoms with Crippen LogP contribution < -0.4 is 0 Å². The molecule has 0 heterocycles. The average molecular weight is 447 g/mol. The van der Waals surface area contributed by atoms with Gasteiger partial charge in [0.25, 0.3) is 0 Å². The van der Waals surface area contributed by atoms with Crippen molar-refractivity contribution in [3.8, 4) is 0 Å². The molecular weight excluding hydrogens is 414 g/mol. The summed E-state index contributed by atoms with van der Waals surface area (Å²) in [6.07, 6.45) is 12.8. The minimum atomic E-state index is -0.826. The van der Waals surface area contributed by atoms with Crippen molar-refractivity contribution in [2.45, 2.75) is 80.6 Å². The van der Waals surface area contributed by atoms with E-state index in [0.29, 0.717) is 5.92 Å². The number of rotatable bonds is 4. The van der Waals surface area contributed by atoms with Crippen molar-refractivity contribution in [2.24, 2.45) is 5.92 Å². The summed E-state index contributed by atoms with van der Waals surface area (Å²) >= 11 is -0.826. The molecule has 0 amide bonds. The van der Waals surface area contributed by atoms with Crippen LogP contribution in [0.2, 0.25) is 0 Å². The molecule has 134 valence electrons. The first kappa shape index (κ1) is 24.4. The van der Waals surface area contributed by atoms with Crippen LogP contribution in [0.4, 0.5) is 0 Å². The fourth-order valence-electron chi connectivity index (χ4n) is 3.35. The summed E-state index contributed by atoms with van der Waals surface area (Å²) in [5, 5.41) is 0. The van der Waals surface area contributed by atoms with Crippen molar-refractivity contribution in [2.75, 3.05) is 0 Å². The molecule has 0 saturated heterocycles. The first-order valence-electron chi connectivity index (χ1n) is 8.96. The minimum absolute atomic E-state index is 0.634. The van der Waals surface area contributed by atoms with Crippen molar-refractivity contribution in [1.82, 2.24) is 0 Å². The normalized spacial score (nSPS) is 19.1. The van der Waals surface area contributed by atoms with Gasteiger partial charge in [-0.1, -0.05) is 79.6 Å². The third kappa shape index (κ3) is 7.76. The molecule has 2 aliphatic rings. The molecule has 24 heavy (non-hydrogen) atoms. The van der Waals surface area contributed by atoms with Crippen LogP contribution in [0.3, 0.4) is 0 Å². The first-order chi connectivity index (χ1) is 11.4. The topological polar surface area (TPSA) is 0 Å². The molecule has 1 unspecified atom stereocenters. The summed E-state index contributed by atoms with van der Waals surface area (Å²) in [6, 6.07) is 0. The van der Waals surface area contributed by atoms with Gasteiger partial charge in [0.05, 0.1) is 0 Å². The van der Waals surface area contributed by atoms with Gasteiger partial charge in [-0.05, 0) is 0 Å². The van der Waals surface area contributed by atoms with Gasteiger partial charge in [0.1, 0.15) is 0 Å². The van der Waals surface area contributed by atoms with E-state index in [1.165, 1.54) is 41.6 Å². The Hall–Kier alpha value is 0.423. The number of hydrogen-bond donors (Lipinski definition) is 0. The van der Waals surface area contributed by atoms with Crippen molar-refractivity contribution < 1.29 is 20.8 Å². The van der Waals surface area contributed by atoms with Gasteiger partial charge in [-0.2, -0.15) is 16.7 Å². The Morgan fingerprint density at radius 3 is 1.83 bits per heavy atom. The zero-order chi connectivity index (χ0) is 18.7. The quantitative estimate of drug-likeness (QED) is 0.382. The molecule has 0 bridgehead atoms.